The van der Waals surface area contributed by atoms with E-state index in [0.29, 0.717) is 11.5 Å². The van der Waals surface area contributed by atoms with Crippen LogP contribution >= 0.6 is 0 Å². The Morgan fingerprint density at radius 3 is 2.00 bits per heavy atom. The van der Waals surface area contributed by atoms with Crippen molar-refractivity contribution < 1.29 is 4.74 Å². The van der Waals surface area contributed by atoms with E-state index in [1.165, 1.54) is 18.8 Å². The average Bonchev–Trinajstić information content (AvgIpc) is 2.09. The van der Waals surface area contributed by atoms with Gasteiger partial charge in [0, 0.05) is 0 Å². The van der Waals surface area contributed by atoms with Crippen molar-refractivity contribution in [1.82, 2.24) is 0 Å². The van der Waals surface area contributed by atoms with Crippen molar-refractivity contribution in [2.45, 2.75) is 67.4 Å². The van der Waals surface area contributed by atoms with E-state index in [1.807, 2.05) is 0 Å². The zero-order chi connectivity index (χ0) is 12.1. The molecule has 2 atom stereocenters. The molecule has 0 aromatic carbocycles. The molecule has 0 aromatic heterocycles. The lowest BCUT2D eigenvalue weighted by Crippen LogP contribution is -2.20. The molecule has 0 saturated carbocycles. The molecule has 1 nitrogen and oxygen atoms in total. The van der Waals surface area contributed by atoms with Gasteiger partial charge in [-0.15, -0.1) is 0 Å². The van der Waals surface area contributed by atoms with Gasteiger partial charge in [0.25, 0.3) is 0 Å². The van der Waals surface area contributed by atoms with Gasteiger partial charge in [-0.2, -0.15) is 0 Å². The summed E-state index contributed by atoms with van der Waals surface area (Å²) in [4.78, 5) is 0. The van der Waals surface area contributed by atoms with Gasteiger partial charge in [0.15, 0.2) is 6.61 Å². The normalized spacial score (nSPS) is 16.2. The first-order chi connectivity index (χ1) is 6.73. The first-order valence-corrected chi connectivity index (χ1v) is 6.14. The first-order valence-electron chi connectivity index (χ1n) is 6.14. The quantitative estimate of drug-likeness (QED) is 0.592. The summed E-state index contributed by atoms with van der Waals surface area (Å²) < 4.78 is 5.73. The van der Waals surface area contributed by atoms with Crippen molar-refractivity contribution in [3.8, 4) is 0 Å². The van der Waals surface area contributed by atoms with Crippen LogP contribution in [-0.4, -0.2) is 12.7 Å². The van der Waals surface area contributed by atoms with Crippen LogP contribution in [-0.2, 0) is 4.74 Å². The van der Waals surface area contributed by atoms with Crippen molar-refractivity contribution in [3.05, 3.63) is 5.92 Å². The summed E-state index contributed by atoms with van der Waals surface area (Å²) in [6, 6.07) is 0. The molecular formula is C14H29O+. The van der Waals surface area contributed by atoms with Gasteiger partial charge >= 0.3 is 0 Å². The van der Waals surface area contributed by atoms with Crippen LogP contribution in [0.15, 0.2) is 0 Å². The van der Waals surface area contributed by atoms with Gasteiger partial charge in [-0.05, 0) is 31.1 Å². The molecule has 0 amide bonds. The Balaban J connectivity index is 3.66. The van der Waals surface area contributed by atoms with Gasteiger partial charge < -0.3 is 4.74 Å². The fourth-order valence-electron chi connectivity index (χ4n) is 1.31. The highest BCUT2D eigenvalue weighted by molar-refractivity contribution is 4.76. The van der Waals surface area contributed by atoms with E-state index >= 15 is 0 Å². The zero-order valence-electron chi connectivity index (χ0n) is 11.7. The topological polar surface area (TPSA) is 9.23 Å². The molecule has 0 bridgehead atoms. The second-order valence-corrected chi connectivity index (χ2v) is 6.17. The van der Waals surface area contributed by atoms with E-state index in [9.17, 15) is 0 Å². The van der Waals surface area contributed by atoms with Gasteiger partial charge in [0.2, 0.25) is 0 Å². The summed E-state index contributed by atoms with van der Waals surface area (Å²) in [6.07, 6.45) is 2.82. The van der Waals surface area contributed by atoms with E-state index in [4.69, 9.17) is 4.74 Å². The van der Waals surface area contributed by atoms with E-state index < -0.39 is 0 Å². The Morgan fingerprint density at radius 2 is 1.60 bits per heavy atom. The molecule has 90 valence electrons. The molecule has 0 N–H and O–H groups in total. The number of hydrogen-bond acceptors (Lipinski definition) is 1. The van der Waals surface area contributed by atoms with Gasteiger partial charge in [-0.1, -0.05) is 27.7 Å². The van der Waals surface area contributed by atoms with Crippen molar-refractivity contribution in [3.63, 3.8) is 0 Å². The molecule has 0 aromatic rings. The van der Waals surface area contributed by atoms with Crippen LogP contribution < -0.4 is 0 Å². The molecular weight excluding hydrogens is 184 g/mol. The second-order valence-electron chi connectivity index (χ2n) is 6.17. The predicted octanol–water partition coefficient (Wildman–Crippen LogP) is 4.47. The summed E-state index contributed by atoms with van der Waals surface area (Å²) >= 11 is 0. The molecule has 0 rings (SSSR count). The van der Waals surface area contributed by atoms with Crippen LogP contribution in [0.3, 0.4) is 0 Å². The van der Waals surface area contributed by atoms with E-state index in [-0.39, 0.29) is 0 Å². The molecule has 0 radical (unpaired) electrons. The van der Waals surface area contributed by atoms with Crippen LogP contribution in [0.2, 0.25) is 0 Å². The lowest BCUT2D eigenvalue weighted by atomic mass is 9.79. The highest BCUT2D eigenvalue weighted by atomic mass is 16.5. The Hall–Kier alpha value is -0.170. The minimum Gasteiger partial charge on any atom is -0.337 e. The Morgan fingerprint density at radius 1 is 1.07 bits per heavy atom. The third-order valence-corrected chi connectivity index (χ3v) is 3.14. The van der Waals surface area contributed by atoms with Gasteiger partial charge in [-0.3, -0.25) is 0 Å². The van der Waals surface area contributed by atoms with Crippen molar-refractivity contribution in [1.29, 1.82) is 0 Å². The Bertz CT molecular complexity index is 155. The maximum absolute atomic E-state index is 5.73. The third kappa shape index (κ3) is 7.72. The maximum atomic E-state index is 5.73. The van der Waals surface area contributed by atoms with Gasteiger partial charge in [-0.25, -0.2) is 0 Å². The summed E-state index contributed by atoms with van der Waals surface area (Å²) in [7, 11) is 0. The molecule has 2 unspecified atom stereocenters. The second kappa shape index (κ2) is 6.42. The van der Waals surface area contributed by atoms with E-state index in [1.54, 1.807) is 0 Å². The van der Waals surface area contributed by atoms with Crippen molar-refractivity contribution in [2.24, 2.45) is 11.3 Å². The minimum atomic E-state index is 0.393. The summed E-state index contributed by atoms with van der Waals surface area (Å²) in [5.74, 6) is 2.11. The minimum absolute atomic E-state index is 0.393. The molecule has 0 spiro atoms. The molecule has 0 aliphatic rings. The molecule has 15 heavy (non-hydrogen) atoms. The fourth-order valence-corrected chi connectivity index (χ4v) is 1.31. The smallest absolute Gasteiger partial charge is 0.189 e. The standard InChI is InChI=1S/C14H29O/c1-11(2)10-15-13(4)9-8-12(3)14(5,6)7/h12-13H,8-10H2,1-7H3/q+1. The Labute approximate surface area is 96.6 Å². The van der Waals surface area contributed by atoms with Crippen LogP contribution in [0.4, 0.5) is 0 Å². The van der Waals surface area contributed by atoms with Crippen LogP contribution in [0.25, 0.3) is 0 Å². The van der Waals surface area contributed by atoms with E-state index in [2.05, 4.69) is 48.5 Å². The Kier molecular flexibility index (Phi) is 6.35. The third-order valence-electron chi connectivity index (χ3n) is 3.14. The van der Waals surface area contributed by atoms with Crippen molar-refractivity contribution in [2.75, 3.05) is 6.61 Å². The predicted molar refractivity (Wildman–Crippen MR) is 67.9 cm³/mol. The monoisotopic (exact) mass is 213 g/mol. The van der Waals surface area contributed by atoms with Crippen LogP contribution in [0, 0.1) is 17.3 Å². The average molecular weight is 213 g/mol. The van der Waals surface area contributed by atoms with E-state index in [0.717, 1.165) is 12.5 Å². The van der Waals surface area contributed by atoms with Crippen molar-refractivity contribution >= 4 is 0 Å². The summed E-state index contributed by atoms with van der Waals surface area (Å²) in [5, 5.41) is 0. The summed E-state index contributed by atoms with van der Waals surface area (Å²) in [6.45, 7) is 16.5. The van der Waals surface area contributed by atoms with Gasteiger partial charge in [0.1, 0.15) is 5.92 Å². The first kappa shape index (κ1) is 14.8. The number of rotatable bonds is 6. The number of hydrogen-bond donors (Lipinski definition) is 0. The lowest BCUT2D eigenvalue weighted by Gasteiger charge is -2.28. The van der Waals surface area contributed by atoms with Gasteiger partial charge in [0.05, 0.1) is 20.0 Å². The molecule has 0 aliphatic carbocycles. The molecule has 0 aliphatic heterocycles. The number of ether oxygens (including phenoxy) is 1. The lowest BCUT2D eigenvalue weighted by molar-refractivity contribution is 0.0593. The molecule has 1 heteroatoms. The maximum Gasteiger partial charge on any atom is 0.189 e. The van der Waals surface area contributed by atoms with Crippen LogP contribution in [0.5, 0.6) is 0 Å². The molecule has 0 fully saturated rings. The largest absolute Gasteiger partial charge is 0.337 e. The molecule has 0 saturated heterocycles. The summed E-state index contributed by atoms with van der Waals surface area (Å²) in [5.41, 5.74) is 0.423. The van der Waals surface area contributed by atoms with Crippen LogP contribution in [0.1, 0.15) is 61.3 Å². The highest BCUT2D eigenvalue weighted by Gasteiger charge is 2.20. The SMILES string of the molecule is C[C+](C)COC(C)CCC(C)C(C)(C)C. The zero-order valence-corrected chi connectivity index (χ0v) is 11.7. The highest BCUT2D eigenvalue weighted by Crippen LogP contribution is 2.29. The fraction of sp³-hybridized carbons (Fsp3) is 0.929. The molecule has 0 heterocycles.